The van der Waals surface area contributed by atoms with Crippen molar-refractivity contribution < 1.29 is 22.7 Å². The van der Waals surface area contributed by atoms with Gasteiger partial charge in [0.2, 0.25) is 5.91 Å². The van der Waals surface area contributed by atoms with Crippen LogP contribution in [0.4, 0.5) is 0 Å². The molecular formula is C20H33N3O5S. The molecule has 1 aromatic carbocycles. The summed E-state index contributed by atoms with van der Waals surface area (Å²) in [6.45, 7) is 7.42. The summed E-state index contributed by atoms with van der Waals surface area (Å²) in [4.78, 5) is 12.8. The second-order valence-electron chi connectivity index (χ2n) is 7.29. The van der Waals surface area contributed by atoms with Gasteiger partial charge in [-0.2, -0.15) is 17.0 Å². The normalized spacial score (nSPS) is 19.0. The molecule has 1 aromatic rings. The number of carbonyl (C=O) groups is 1. The lowest BCUT2D eigenvalue weighted by atomic mass is 9.98. The van der Waals surface area contributed by atoms with Crippen LogP contribution in [-0.4, -0.2) is 63.3 Å². The smallest absolute Gasteiger partial charge is 0.281 e. The molecule has 164 valence electrons. The van der Waals surface area contributed by atoms with Crippen LogP contribution in [-0.2, 0) is 15.0 Å². The van der Waals surface area contributed by atoms with Gasteiger partial charge >= 0.3 is 0 Å². The van der Waals surface area contributed by atoms with Gasteiger partial charge in [-0.1, -0.05) is 6.07 Å². The van der Waals surface area contributed by atoms with Crippen LogP contribution in [0.15, 0.2) is 18.2 Å². The SMILES string of the molecule is CCOc1ccc([C@@H](C)NC(=O)[C@@H]2CCCN(S(=O)(=O)N(C)C)C2)cc1OCC. The number of piperidine rings is 1. The number of hydrogen-bond donors (Lipinski definition) is 1. The lowest BCUT2D eigenvalue weighted by Gasteiger charge is -2.33. The highest BCUT2D eigenvalue weighted by molar-refractivity contribution is 7.86. The maximum atomic E-state index is 12.8. The van der Waals surface area contributed by atoms with Crippen molar-refractivity contribution in [1.82, 2.24) is 13.9 Å². The topological polar surface area (TPSA) is 88.2 Å². The third-order valence-corrected chi connectivity index (χ3v) is 6.88. The number of amides is 1. The fourth-order valence-corrected chi connectivity index (χ4v) is 4.54. The van der Waals surface area contributed by atoms with E-state index >= 15 is 0 Å². The lowest BCUT2D eigenvalue weighted by molar-refractivity contribution is -0.126. The van der Waals surface area contributed by atoms with E-state index in [1.54, 1.807) is 0 Å². The monoisotopic (exact) mass is 427 g/mol. The zero-order valence-corrected chi connectivity index (χ0v) is 18.8. The molecular weight excluding hydrogens is 394 g/mol. The van der Waals surface area contributed by atoms with Crippen LogP contribution in [0, 0.1) is 5.92 Å². The van der Waals surface area contributed by atoms with E-state index in [1.807, 2.05) is 39.0 Å². The molecule has 2 atom stereocenters. The first-order valence-electron chi connectivity index (χ1n) is 10.1. The van der Waals surface area contributed by atoms with Crippen LogP contribution in [0.2, 0.25) is 0 Å². The molecule has 1 heterocycles. The number of carbonyl (C=O) groups excluding carboxylic acids is 1. The lowest BCUT2D eigenvalue weighted by Crippen LogP contribution is -2.49. The number of benzene rings is 1. The molecule has 1 aliphatic rings. The molecule has 1 saturated heterocycles. The molecule has 0 spiro atoms. The summed E-state index contributed by atoms with van der Waals surface area (Å²) < 4.78 is 38.6. The molecule has 0 bridgehead atoms. The molecule has 0 unspecified atom stereocenters. The highest BCUT2D eigenvalue weighted by Gasteiger charge is 2.33. The molecule has 29 heavy (non-hydrogen) atoms. The van der Waals surface area contributed by atoms with Crippen LogP contribution in [0.5, 0.6) is 11.5 Å². The van der Waals surface area contributed by atoms with Gasteiger partial charge in [-0.25, -0.2) is 0 Å². The van der Waals surface area contributed by atoms with Gasteiger partial charge in [0.1, 0.15) is 0 Å². The molecule has 8 nitrogen and oxygen atoms in total. The first kappa shape index (κ1) is 23.4. The van der Waals surface area contributed by atoms with Crippen LogP contribution >= 0.6 is 0 Å². The predicted molar refractivity (Wildman–Crippen MR) is 112 cm³/mol. The first-order chi connectivity index (χ1) is 13.7. The van der Waals surface area contributed by atoms with E-state index < -0.39 is 10.2 Å². The van der Waals surface area contributed by atoms with Gasteiger partial charge in [0.05, 0.1) is 25.2 Å². The van der Waals surface area contributed by atoms with Crippen LogP contribution in [0.1, 0.15) is 45.2 Å². The summed E-state index contributed by atoms with van der Waals surface area (Å²) in [5.74, 6) is 0.820. The number of ether oxygens (including phenoxy) is 2. The van der Waals surface area contributed by atoms with Crippen molar-refractivity contribution in [3.8, 4) is 11.5 Å². The average Bonchev–Trinajstić information content (AvgIpc) is 2.69. The number of nitrogens with zero attached hydrogens (tertiary/aromatic N) is 2. The molecule has 0 saturated carbocycles. The Hall–Kier alpha value is -1.84. The van der Waals surface area contributed by atoms with Crippen molar-refractivity contribution in [3.05, 3.63) is 23.8 Å². The minimum Gasteiger partial charge on any atom is -0.490 e. The van der Waals surface area contributed by atoms with E-state index in [9.17, 15) is 13.2 Å². The van der Waals surface area contributed by atoms with Gasteiger partial charge in [-0.3, -0.25) is 4.79 Å². The zero-order valence-electron chi connectivity index (χ0n) is 18.0. The van der Waals surface area contributed by atoms with Crippen molar-refractivity contribution in [2.24, 2.45) is 5.92 Å². The highest BCUT2D eigenvalue weighted by atomic mass is 32.2. The van der Waals surface area contributed by atoms with E-state index in [2.05, 4.69) is 5.32 Å². The molecule has 1 amide bonds. The molecule has 1 aliphatic heterocycles. The molecule has 1 N–H and O–H groups in total. The Morgan fingerprint density at radius 2 is 1.90 bits per heavy atom. The van der Waals surface area contributed by atoms with Crippen molar-refractivity contribution in [1.29, 1.82) is 0 Å². The van der Waals surface area contributed by atoms with Gasteiger partial charge in [0, 0.05) is 27.2 Å². The van der Waals surface area contributed by atoms with Gasteiger partial charge in [0.25, 0.3) is 10.2 Å². The largest absolute Gasteiger partial charge is 0.490 e. The Morgan fingerprint density at radius 3 is 2.52 bits per heavy atom. The fraction of sp³-hybridized carbons (Fsp3) is 0.650. The van der Waals surface area contributed by atoms with Gasteiger partial charge < -0.3 is 14.8 Å². The average molecular weight is 428 g/mol. The summed E-state index contributed by atoms with van der Waals surface area (Å²) >= 11 is 0. The van der Waals surface area contributed by atoms with E-state index in [0.29, 0.717) is 44.1 Å². The molecule has 0 aliphatic carbocycles. The van der Waals surface area contributed by atoms with E-state index in [0.717, 1.165) is 5.56 Å². The maximum absolute atomic E-state index is 12.8. The Bertz CT molecular complexity index is 797. The van der Waals surface area contributed by atoms with Crippen molar-refractivity contribution in [3.63, 3.8) is 0 Å². The summed E-state index contributed by atoms with van der Waals surface area (Å²) in [6.07, 6.45) is 1.34. The summed E-state index contributed by atoms with van der Waals surface area (Å²) in [5, 5.41) is 3.02. The highest BCUT2D eigenvalue weighted by Crippen LogP contribution is 2.31. The van der Waals surface area contributed by atoms with E-state index in [-0.39, 0.29) is 24.4 Å². The quantitative estimate of drug-likeness (QED) is 0.653. The van der Waals surface area contributed by atoms with Crippen LogP contribution < -0.4 is 14.8 Å². The summed E-state index contributed by atoms with van der Waals surface area (Å²) in [7, 11) is -0.507. The Kier molecular flexibility index (Phi) is 8.30. The van der Waals surface area contributed by atoms with Crippen LogP contribution in [0.25, 0.3) is 0 Å². The second-order valence-corrected chi connectivity index (χ2v) is 9.43. The molecule has 0 aromatic heterocycles. The molecule has 2 rings (SSSR count). The fourth-order valence-electron chi connectivity index (χ4n) is 3.35. The summed E-state index contributed by atoms with van der Waals surface area (Å²) in [5.41, 5.74) is 0.902. The van der Waals surface area contributed by atoms with Crippen molar-refractivity contribution in [2.75, 3.05) is 40.4 Å². The van der Waals surface area contributed by atoms with Gasteiger partial charge in [-0.15, -0.1) is 0 Å². The molecule has 0 radical (unpaired) electrons. The third kappa shape index (κ3) is 5.83. The molecule has 9 heteroatoms. The Balaban J connectivity index is 2.07. The maximum Gasteiger partial charge on any atom is 0.281 e. The second kappa shape index (κ2) is 10.3. The van der Waals surface area contributed by atoms with E-state index in [1.165, 1.54) is 22.7 Å². The van der Waals surface area contributed by atoms with Crippen molar-refractivity contribution >= 4 is 16.1 Å². The minimum absolute atomic E-state index is 0.136. The summed E-state index contributed by atoms with van der Waals surface area (Å²) in [6, 6.07) is 5.39. The minimum atomic E-state index is -3.51. The Labute approximate surface area is 174 Å². The van der Waals surface area contributed by atoms with Crippen molar-refractivity contribution in [2.45, 2.75) is 39.7 Å². The predicted octanol–water partition coefficient (Wildman–Crippen LogP) is 2.18. The van der Waals surface area contributed by atoms with Gasteiger partial charge in [0.15, 0.2) is 11.5 Å². The molecule has 1 fully saturated rings. The van der Waals surface area contributed by atoms with E-state index in [4.69, 9.17) is 9.47 Å². The zero-order chi connectivity index (χ0) is 21.6. The first-order valence-corrected chi connectivity index (χ1v) is 11.5. The number of hydrogen-bond acceptors (Lipinski definition) is 5. The third-order valence-electron chi connectivity index (χ3n) is 4.97. The Morgan fingerprint density at radius 1 is 1.24 bits per heavy atom. The van der Waals surface area contributed by atoms with Crippen LogP contribution in [0.3, 0.4) is 0 Å². The number of nitrogens with one attached hydrogen (secondary N) is 1. The number of rotatable bonds is 9. The standard InChI is InChI=1S/C20H33N3O5S/c1-6-27-18-11-10-16(13-19(18)28-7-2)15(3)21-20(24)17-9-8-12-23(14-17)29(25,26)22(4)5/h10-11,13,15,17H,6-9,12,14H2,1-5H3,(H,21,24)/t15-,17-/m1/s1. The van der Waals surface area contributed by atoms with Gasteiger partial charge in [-0.05, 0) is 51.3 Å².